The number of hydrogen-bond acceptors (Lipinski definition) is 8. The van der Waals surface area contributed by atoms with Crippen molar-refractivity contribution in [3.8, 4) is 5.88 Å². The van der Waals surface area contributed by atoms with Crippen LogP contribution < -0.4 is 20.3 Å². The Morgan fingerprint density at radius 1 is 1.12 bits per heavy atom. The van der Waals surface area contributed by atoms with Crippen molar-refractivity contribution in [2.75, 3.05) is 50.1 Å². The molecule has 8 nitrogen and oxygen atoms in total. The van der Waals surface area contributed by atoms with E-state index in [9.17, 15) is 18.0 Å². The van der Waals surface area contributed by atoms with E-state index in [2.05, 4.69) is 14.8 Å². The summed E-state index contributed by atoms with van der Waals surface area (Å²) in [4.78, 5) is 28.2. The van der Waals surface area contributed by atoms with Crippen LogP contribution in [-0.4, -0.2) is 67.1 Å². The van der Waals surface area contributed by atoms with Crippen LogP contribution in [0.1, 0.15) is 34.3 Å². The van der Waals surface area contributed by atoms with E-state index < -0.39 is 23.2 Å². The summed E-state index contributed by atoms with van der Waals surface area (Å²) < 4.78 is 47.2. The SMILES string of the molecule is CN(C)c1cccc(COc2nc(N3CCN(C4CC4)CC3)ncc2Sc2ccc(C(N)=O)c(C(F)(F)F)c2)c1. The summed E-state index contributed by atoms with van der Waals surface area (Å²) in [5, 5.41) is 0. The molecule has 2 aliphatic rings. The molecule has 1 saturated heterocycles. The summed E-state index contributed by atoms with van der Waals surface area (Å²) in [7, 11) is 3.90. The largest absolute Gasteiger partial charge is 0.472 e. The summed E-state index contributed by atoms with van der Waals surface area (Å²) in [5.41, 5.74) is 5.46. The van der Waals surface area contributed by atoms with Gasteiger partial charge in [0.05, 0.1) is 22.2 Å². The first kappa shape index (κ1) is 28.0. The Balaban J connectivity index is 1.42. The Labute approximate surface area is 235 Å². The summed E-state index contributed by atoms with van der Waals surface area (Å²) >= 11 is 1.04. The Morgan fingerprint density at radius 3 is 2.52 bits per heavy atom. The van der Waals surface area contributed by atoms with Crippen LogP contribution >= 0.6 is 11.8 Å². The van der Waals surface area contributed by atoms with Crippen molar-refractivity contribution < 1.29 is 22.7 Å². The van der Waals surface area contributed by atoms with E-state index in [0.717, 1.165) is 61.3 Å². The molecule has 12 heteroatoms. The van der Waals surface area contributed by atoms with Crippen LogP contribution in [0.15, 0.2) is 58.5 Å². The number of alkyl halides is 3. The van der Waals surface area contributed by atoms with E-state index in [1.807, 2.05) is 43.3 Å². The normalized spacial score (nSPS) is 16.2. The second kappa shape index (κ2) is 11.5. The maximum atomic E-state index is 13.7. The third-order valence-electron chi connectivity index (χ3n) is 6.96. The number of carbonyl (C=O) groups is 1. The van der Waals surface area contributed by atoms with Gasteiger partial charge in [-0.2, -0.15) is 18.2 Å². The van der Waals surface area contributed by atoms with Gasteiger partial charge in [-0.15, -0.1) is 0 Å². The molecule has 1 aliphatic heterocycles. The molecule has 5 rings (SSSR count). The van der Waals surface area contributed by atoms with E-state index in [1.165, 1.54) is 18.9 Å². The first-order valence-corrected chi connectivity index (χ1v) is 13.8. The third-order valence-corrected chi connectivity index (χ3v) is 7.95. The van der Waals surface area contributed by atoms with Gasteiger partial charge < -0.3 is 20.3 Å². The number of nitrogens with zero attached hydrogens (tertiary/aromatic N) is 5. The summed E-state index contributed by atoms with van der Waals surface area (Å²) in [6.45, 7) is 3.66. The summed E-state index contributed by atoms with van der Waals surface area (Å²) in [5.74, 6) is -0.332. The lowest BCUT2D eigenvalue weighted by Gasteiger charge is -2.34. The van der Waals surface area contributed by atoms with Crippen molar-refractivity contribution in [3.63, 3.8) is 0 Å². The van der Waals surface area contributed by atoms with Crippen LogP contribution in [0.3, 0.4) is 0 Å². The topological polar surface area (TPSA) is 87.8 Å². The molecular weight excluding hydrogens is 541 g/mol. The van der Waals surface area contributed by atoms with Crippen LogP contribution in [0.5, 0.6) is 5.88 Å². The number of primary amides is 1. The quantitative estimate of drug-likeness (QED) is 0.396. The molecule has 40 heavy (non-hydrogen) atoms. The highest BCUT2D eigenvalue weighted by atomic mass is 32.2. The number of piperazine rings is 1. The highest BCUT2D eigenvalue weighted by Gasteiger charge is 2.35. The van der Waals surface area contributed by atoms with Gasteiger partial charge in [0.2, 0.25) is 17.7 Å². The summed E-state index contributed by atoms with van der Waals surface area (Å²) in [6.07, 6.45) is -0.639. The number of carbonyl (C=O) groups excluding carboxylic acids is 1. The molecule has 2 N–H and O–H groups in total. The van der Waals surface area contributed by atoms with E-state index in [0.29, 0.717) is 16.9 Å². The molecule has 2 fully saturated rings. The predicted molar refractivity (Wildman–Crippen MR) is 148 cm³/mol. The van der Waals surface area contributed by atoms with Gasteiger partial charge in [-0.3, -0.25) is 9.69 Å². The number of nitrogens with two attached hydrogens (primary N) is 1. The molecule has 1 aliphatic carbocycles. The molecule has 2 heterocycles. The lowest BCUT2D eigenvalue weighted by molar-refractivity contribution is -0.138. The zero-order valence-electron chi connectivity index (χ0n) is 22.3. The Hall–Kier alpha value is -3.51. The monoisotopic (exact) mass is 572 g/mol. The zero-order chi connectivity index (χ0) is 28.4. The fourth-order valence-electron chi connectivity index (χ4n) is 4.64. The number of benzene rings is 2. The van der Waals surface area contributed by atoms with Crippen molar-refractivity contribution in [1.29, 1.82) is 0 Å². The average Bonchev–Trinajstić information content (AvgIpc) is 3.78. The van der Waals surface area contributed by atoms with Crippen LogP contribution in [0.25, 0.3) is 0 Å². The van der Waals surface area contributed by atoms with Crippen molar-refractivity contribution in [3.05, 3.63) is 65.4 Å². The lowest BCUT2D eigenvalue weighted by Crippen LogP contribution is -2.47. The number of aromatic nitrogens is 2. The summed E-state index contributed by atoms with van der Waals surface area (Å²) in [6, 6.07) is 12.0. The number of amides is 1. The number of ether oxygens (including phenoxy) is 1. The van der Waals surface area contributed by atoms with Gasteiger partial charge in [0.1, 0.15) is 6.61 Å². The van der Waals surface area contributed by atoms with E-state index in [1.54, 1.807) is 6.20 Å². The van der Waals surface area contributed by atoms with Crippen molar-refractivity contribution >= 4 is 29.3 Å². The number of rotatable bonds is 9. The molecule has 0 unspecified atom stereocenters. The van der Waals surface area contributed by atoms with Gasteiger partial charge in [0, 0.05) is 56.9 Å². The van der Waals surface area contributed by atoms with Crippen molar-refractivity contribution in [2.45, 2.75) is 41.5 Å². The molecule has 212 valence electrons. The number of hydrogen-bond donors (Lipinski definition) is 1. The predicted octanol–water partition coefficient (Wildman–Crippen LogP) is 4.67. The minimum absolute atomic E-state index is 0.218. The second-order valence-corrected chi connectivity index (χ2v) is 11.2. The molecule has 1 aromatic heterocycles. The Bertz CT molecular complexity index is 1370. The minimum atomic E-state index is -4.74. The van der Waals surface area contributed by atoms with Crippen molar-refractivity contribution in [1.82, 2.24) is 14.9 Å². The van der Waals surface area contributed by atoms with Crippen LogP contribution in [0.4, 0.5) is 24.8 Å². The molecule has 0 radical (unpaired) electrons. The van der Waals surface area contributed by atoms with Crippen LogP contribution in [-0.2, 0) is 12.8 Å². The first-order valence-electron chi connectivity index (χ1n) is 13.0. The van der Waals surface area contributed by atoms with Gasteiger partial charge in [-0.25, -0.2) is 4.98 Å². The molecule has 0 spiro atoms. The van der Waals surface area contributed by atoms with Gasteiger partial charge in [-0.05, 0) is 48.7 Å². The van der Waals surface area contributed by atoms with Crippen molar-refractivity contribution in [2.24, 2.45) is 5.73 Å². The highest BCUT2D eigenvalue weighted by Crippen LogP contribution is 2.39. The molecular formula is C28H31F3N6O2S. The third kappa shape index (κ3) is 6.61. The fourth-order valence-corrected chi connectivity index (χ4v) is 5.50. The lowest BCUT2D eigenvalue weighted by atomic mass is 10.1. The number of halogens is 3. The van der Waals surface area contributed by atoms with Crippen LogP contribution in [0.2, 0.25) is 0 Å². The molecule has 0 bridgehead atoms. The van der Waals surface area contributed by atoms with Crippen LogP contribution in [0, 0.1) is 0 Å². The minimum Gasteiger partial charge on any atom is -0.472 e. The highest BCUT2D eigenvalue weighted by molar-refractivity contribution is 7.99. The van der Waals surface area contributed by atoms with Gasteiger partial charge in [0.15, 0.2) is 0 Å². The maximum Gasteiger partial charge on any atom is 0.417 e. The second-order valence-electron chi connectivity index (χ2n) is 10.1. The molecule has 1 amide bonds. The molecule has 2 aromatic carbocycles. The standard InChI is InChI=1S/C28H31F3N6O2S/c1-35(2)20-5-3-4-18(14-20)17-39-26-24(40-21-8-9-22(25(32)38)23(15-21)28(29,30)31)16-33-27(34-26)37-12-10-36(11-13-37)19-6-7-19/h3-5,8-9,14-16,19H,6-7,10-13,17H2,1-2H3,(H2,32,38). The Kier molecular flexibility index (Phi) is 8.09. The number of anilines is 2. The van der Waals surface area contributed by atoms with Gasteiger partial charge in [-0.1, -0.05) is 23.9 Å². The Morgan fingerprint density at radius 2 is 1.88 bits per heavy atom. The van der Waals surface area contributed by atoms with Gasteiger partial charge in [0.25, 0.3) is 0 Å². The fraction of sp³-hybridized carbons (Fsp3) is 0.393. The molecule has 3 aromatic rings. The van der Waals surface area contributed by atoms with E-state index in [4.69, 9.17) is 15.5 Å². The van der Waals surface area contributed by atoms with E-state index >= 15 is 0 Å². The van der Waals surface area contributed by atoms with E-state index in [-0.39, 0.29) is 17.4 Å². The molecule has 1 saturated carbocycles. The smallest absolute Gasteiger partial charge is 0.417 e. The zero-order valence-corrected chi connectivity index (χ0v) is 23.1. The maximum absolute atomic E-state index is 13.7. The average molecular weight is 573 g/mol. The first-order chi connectivity index (χ1) is 19.1. The molecule has 0 atom stereocenters. The van der Waals surface area contributed by atoms with Gasteiger partial charge >= 0.3 is 6.18 Å².